The number of rotatable bonds is 3. The first-order valence-corrected chi connectivity index (χ1v) is 5.87. The van der Waals surface area contributed by atoms with Crippen LogP contribution in [-0.2, 0) is 6.54 Å². The molecule has 16 heavy (non-hydrogen) atoms. The molecule has 2 N–H and O–H groups in total. The molecule has 82 valence electrons. The van der Waals surface area contributed by atoms with Crippen molar-refractivity contribution in [1.82, 2.24) is 24.9 Å². The van der Waals surface area contributed by atoms with E-state index in [1.807, 2.05) is 35.3 Å². The van der Waals surface area contributed by atoms with Crippen LogP contribution in [0.3, 0.4) is 0 Å². The van der Waals surface area contributed by atoms with Gasteiger partial charge in [-0.2, -0.15) is 4.98 Å². The Morgan fingerprint density at radius 1 is 1.50 bits per heavy atom. The van der Waals surface area contributed by atoms with Gasteiger partial charge in [0.1, 0.15) is 0 Å². The predicted molar refractivity (Wildman–Crippen MR) is 63.4 cm³/mol. The molecule has 0 aliphatic heterocycles. The van der Waals surface area contributed by atoms with E-state index in [4.69, 9.17) is 0 Å². The smallest absolute Gasteiger partial charge is 0.251 e. The van der Waals surface area contributed by atoms with E-state index in [9.17, 15) is 0 Å². The normalized spacial score (nSPS) is 11.3. The molecule has 0 atom stereocenters. The number of aromatic nitrogens is 4. The van der Waals surface area contributed by atoms with Crippen molar-refractivity contribution in [2.75, 3.05) is 7.05 Å². The standard InChI is InChI=1S/C10H11N5S/c1-11-5-7-6-15-10(12-7)13-9(14-15)8-3-2-4-16-8/h2-4,6,11H,5H2,1H3,(H,12,13,14). The first-order valence-electron chi connectivity index (χ1n) is 4.99. The van der Waals surface area contributed by atoms with E-state index in [2.05, 4.69) is 20.4 Å². The van der Waals surface area contributed by atoms with Gasteiger partial charge in [-0.05, 0) is 18.5 Å². The number of fused-ring (bicyclic) bond motifs is 1. The molecule has 0 aliphatic carbocycles. The molecule has 0 saturated carbocycles. The Balaban J connectivity index is 2.02. The molecule has 3 rings (SSSR count). The summed E-state index contributed by atoms with van der Waals surface area (Å²) in [6.45, 7) is 0.755. The maximum absolute atomic E-state index is 4.44. The summed E-state index contributed by atoms with van der Waals surface area (Å²) in [5.74, 6) is 1.59. The number of aromatic amines is 1. The summed E-state index contributed by atoms with van der Waals surface area (Å²) in [4.78, 5) is 9.96. The van der Waals surface area contributed by atoms with Gasteiger partial charge in [-0.15, -0.1) is 11.3 Å². The SMILES string of the molecule is CNCc1cn2[nH]c(-c3cccs3)nc2n1. The van der Waals surface area contributed by atoms with Crippen LogP contribution in [0.2, 0.25) is 0 Å². The second-order valence-electron chi connectivity index (χ2n) is 3.48. The van der Waals surface area contributed by atoms with E-state index >= 15 is 0 Å². The van der Waals surface area contributed by atoms with Gasteiger partial charge in [0, 0.05) is 6.54 Å². The quantitative estimate of drug-likeness (QED) is 0.721. The van der Waals surface area contributed by atoms with Gasteiger partial charge in [0.25, 0.3) is 5.78 Å². The maximum Gasteiger partial charge on any atom is 0.251 e. The summed E-state index contributed by atoms with van der Waals surface area (Å²) >= 11 is 1.66. The first kappa shape index (κ1) is 9.56. The minimum Gasteiger partial charge on any atom is -0.314 e. The molecule has 3 heterocycles. The van der Waals surface area contributed by atoms with E-state index in [0.717, 1.165) is 22.9 Å². The number of nitrogens with one attached hydrogen (secondary N) is 2. The monoisotopic (exact) mass is 233 g/mol. The zero-order valence-electron chi connectivity index (χ0n) is 8.77. The molecule has 0 aliphatic rings. The van der Waals surface area contributed by atoms with E-state index in [1.54, 1.807) is 11.3 Å². The van der Waals surface area contributed by atoms with Crippen LogP contribution < -0.4 is 5.32 Å². The molecule has 0 radical (unpaired) electrons. The molecule has 0 bridgehead atoms. The molecule has 3 aromatic rings. The Hall–Kier alpha value is -1.66. The van der Waals surface area contributed by atoms with Gasteiger partial charge in [-0.1, -0.05) is 6.07 Å². The second-order valence-corrected chi connectivity index (χ2v) is 4.43. The minimum atomic E-state index is 0.716. The highest BCUT2D eigenvalue weighted by molar-refractivity contribution is 7.13. The number of nitrogens with zero attached hydrogens (tertiary/aromatic N) is 3. The van der Waals surface area contributed by atoms with Crippen LogP contribution in [0.1, 0.15) is 5.69 Å². The maximum atomic E-state index is 4.44. The van der Waals surface area contributed by atoms with Crippen LogP contribution in [0.15, 0.2) is 23.7 Å². The Morgan fingerprint density at radius 3 is 3.12 bits per heavy atom. The van der Waals surface area contributed by atoms with Crippen LogP contribution in [-0.4, -0.2) is 26.6 Å². The fourth-order valence-corrected chi connectivity index (χ4v) is 2.27. The van der Waals surface area contributed by atoms with Gasteiger partial charge < -0.3 is 5.32 Å². The molecular weight excluding hydrogens is 222 g/mol. The predicted octanol–water partition coefficient (Wildman–Crippen LogP) is 1.51. The first-order chi connectivity index (χ1) is 7.86. The van der Waals surface area contributed by atoms with Crippen LogP contribution in [0, 0.1) is 0 Å². The fraction of sp³-hybridized carbons (Fsp3) is 0.200. The van der Waals surface area contributed by atoms with Crippen molar-refractivity contribution in [3.63, 3.8) is 0 Å². The molecular formula is C10H11N5S. The van der Waals surface area contributed by atoms with Crippen LogP contribution >= 0.6 is 11.3 Å². The highest BCUT2D eigenvalue weighted by Crippen LogP contribution is 2.21. The zero-order valence-corrected chi connectivity index (χ0v) is 9.58. The molecule has 0 unspecified atom stereocenters. The number of hydrogen-bond acceptors (Lipinski definition) is 4. The van der Waals surface area contributed by atoms with Crippen molar-refractivity contribution in [2.45, 2.75) is 6.54 Å². The highest BCUT2D eigenvalue weighted by atomic mass is 32.1. The van der Waals surface area contributed by atoms with E-state index < -0.39 is 0 Å². The van der Waals surface area contributed by atoms with E-state index in [1.165, 1.54) is 0 Å². The molecule has 0 spiro atoms. The van der Waals surface area contributed by atoms with Crippen molar-refractivity contribution < 1.29 is 0 Å². The average Bonchev–Trinajstić information content (AvgIpc) is 2.89. The van der Waals surface area contributed by atoms with Crippen LogP contribution in [0.5, 0.6) is 0 Å². The van der Waals surface area contributed by atoms with Crippen LogP contribution in [0.4, 0.5) is 0 Å². The lowest BCUT2D eigenvalue weighted by molar-refractivity contribution is 0.795. The minimum absolute atomic E-state index is 0.716. The molecule has 5 nitrogen and oxygen atoms in total. The third kappa shape index (κ3) is 1.52. The second kappa shape index (κ2) is 3.73. The molecule has 3 aromatic heterocycles. The Kier molecular flexibility index (Phi) is 2.23. The topological polar surface area (TPSA) is 58.0 Å². The lowest BCUT2D eigenvalue weighted by Crippen LogP contribution is -2.05. The Labute approximate surface area is 96.1 Å². The Bertz CT molecular complexity index is 560. The molecule has 0 aromatic carbocycles. The van der Waals surface area contributed by atoms with E-state index in [-0.39, 0.29) is 0 Å². The van der Waals surface area contributed by atoms with Gasteiger partial charge in [0.15, 0.2) is 5.82 Å². The average molecular weight is 233 g/mol. The third-order valence-corrected chi connectivity index (χ3v) is 3.16. The highest BCUT2D eigenvalue weighted by Gasteiger charge is 2.08. The molecule has 6 heteroatoms. The van der Waals surface area contributed by atoms with Gasteiger partial charge in [0.05, 0.1) is 16.8 Å². The third-order valence-electron chi connectivity index (χ3n) is 2.29. The van der Waals surface area contributed by atoms with Crippen molar-refractivity contribution >= 4 is 17.1 Å². The number of H-pyrrole nitrogens is 1. The summed E-state index contributed by atoms with van der Waals surface area (Å²) in [6.07, 6.45) is 1.95. The Morgan fingerprint density at radius 2 is 2.44 bits per heavy atom. The lowest BCUT2D eigenvalue weighted by Gasteiger charge is -1.90. The summed E-state index contributed by atoms with van der Waals surface area (Å²) in [7, 11) is 1.90. The summed E-state index contributed by atoms with van der Waals surface area (Å²) in [5, 5.41) is 8.30. The van der Waals surface area contributed by atoms with Crippen LogP contribution in [0.25, 0.3) is 16.5 Å². The summed E-state index contributed by atoms with van der Waals surface area (Å²) in [5.41, 5.74) is 0.985. The van der Waals surface area contributed by atoms with Crippen molar-refractivity contribution in [3.8, 4) is 10.7 Å². The largest absolute Gasteiger partial charge is 0.314 e. The molecule has 0 amide bonds. The number of imidazole rings is 1. The van der Waals surface area contributed by atoms with Crippen molar-refractivity contribution in [2.24, 2.45) is 0 Å². The van der Waals surface area contributed by atoms with E-state index in [0.29, 0.717) is 5.78 Å². The van der Waals surface area contributed by atoms with Gasteiger partial charge in [-0.25, -0.2) is 9.50 Å². The van der Waals surface area contributed by atoms with Gasteiger partial charge in [-0.3, -0.25) is 5.10 Å². The van der Waals surface area contributed by atoms with Crippen molar-refractivity contribution in [3.05, 3.63) is 29.4 Å². The lowest BCUT2D eigenvalue weighted by atomic mass is 10.4. The summed E-state index contributed by atoms with van der Waals surface area (Å²) in [6, 6.07) is 4.05. The molecule has 0 fully saturated rings. The van der Waals surface area contributed by atoms with Gasteiger partial charge >= 0.3 is 0 Å². The molecule has 0 saturated heterocycles. The van der Waals surface area contributed by atoms with Crippen molar-refractivity contribution in [1.29, 1.82) is 0 Å². The zero-order chi connectivity index (χ0) is 11.0. The fourth-order valence-electron chi connectivity index (χ4n) is 1.61. The number of hydrogen-bond donors (Lipinski definition) is 2. The van der Waals surface area contributed by atoms with Gasteiger partial charge in [0.2, 0.25) is 0 Å². The number of thiophene rings is 1. The summed E-state index contributed by atoms with van der Waals surface area (Å²) < 4.78 is 1.85.